The second-order valence-electron chi connectivity index (χ2n) is 7.82. The molecule has 0 bridgehead atoms. The van der Waals surface area contributed by atoms with Crippen molar-refractivity contribution in [3.8, 4) is 5.88 Å². The quantitative estimate of drug-likeness (QED) is 0.615. The minimum Gasteiger partial charge on any atom is -0.476 e. The lowest BCUT2D eigenvalue weighted by Crippen LogP contribution is -2.36. The zero-order chi connectivity index (χ0) is 20.6. The summed E-state index contributed by atoms with van der Waals surface area (Å²) in [5.74, 6) is 0.890. The molecule has 1 aliphatic carbocycles. The fraction of sp³-hybridized carbons (Fsp3) is 0.400. The van der Waals surface area contributed by atoms with Gasteiger partial charge in [0.1, 0.15) is 16.4 Å². The van der Waals surface area contributed by atoms with Crippen molar-refractivity contribution in [2.75, 3.05) is 11.9 Å². The van der Waals surface area contributed by atoms with Gasteiger partial charge in [-0.3, -0.25) is 9.48 Å². The molecule has 3 heterocycles. The molecule has 2 N–H and O–H groups in total. The third-order valence-electron chi connectivity index (χ3n) is 4.63. The molecular weight excluding hydrogens is 394 g/mol. The van der Waals surface area contributed by atoms with Crippen molar-refractivity contribution in [1.82, 2.24) is 19.7 Å². The van der Waals surface area contributed by atoms with E-state index in [0.717, 1.165) is 5.56 Å². The van der Waals surface area contributed by atoms with Gasteiger partial charge in [-0.2, -0.15) is 5.10 Å². The summed E-state index contributed by atoms with van der Waals surface area (Å²) in [6.45, 7) is 3.94. The molecule has 1 aliphatic rings. The molecule has 0 radical (unpaired) electrons. The summed E-state index contributed by atoms with van der Waals surface area (Å²) in [4.78, 5) is 20.6. The summed E-state index contributed by atoms with van der Waals surface area (Å²) in [6.07, 6.45) is 7.47. The maximum Gasteiger partial charge on any atom is 0.256 e. The number of nitrogens with one attached hydrogen (secondary N) is 1. The molecule has 9 heteroatoms. The van der Waals surface area contributed by atoms with Crippen molar-refractivity contribution in [3.05, 3.63) is 41.3 Å². The maximum absolute atomic E-state index is 12.1. The number of carbonyl (C=O) groups is 1. The molecule has 1 fully saturated rings. The lowest BCUT2D eigenvalue weighted by Gasteiger charge is -2.16. The van der Waals surface area contributed by atoms with Crippen LogP contribution in [0.4, 0.5) is 5.82 Å². The van der Waals surface area contributed by atoms with Gasteiger partial charge in [0.05, 0.1) is 24.1 Å². The molecule has 1 amide bonds. The standard InChI is InChI=1S/C20H22ClN5O3/c1-20(2,28)19(27)24-17-14-10-26(25-16(14)5-6-22-17)9-13-7-15(21)18(23-8-13)29-11-12-3-4-12/h5-8,10,12,28H,3-4,9,11H2,1-2H3,(H,22,24,27). The fourth-order valence-electron chi connectivity index (χ4n) is 2.76. The number of hydrogen-bond donors (Lipinski definition) is 2. The molecule has 0 unspecified atom stereocenters. The predicted molar refractivity (Wildman–Crippen MR) is 109 cm³/mol. The Morgan fingerprint density at radius 3 is 2.90 bits per heavy atom. The Morgan fingerprint density at radius 2 is 2.21 bits per heavy atom. The number of ether oxygens (including phenoxy) is 1. The van der Waals surface area contributed by atoms with Gasteiger partial charge >= 0.3 is 0 Å². The highest BCUT2D eigenvalue weighted by molar-refractivity contribution is 6.31. The van der Waals surface area contributed by atoms with E-state index in [2.05, 4.69) is 20.4 Å². The number of amides is 1. The van der Waals surface area contributed by atoms with Gasteiger partial charge < -0.3 is 15.2 Å². The van der Waals surface area contributed by atoms with Gasteiger partial charge in [0, 0.05) is 18.6 Å². The SMILES string of the molecule is CC(C)(O)C(=O)Nc1nccc2nn(Cc3cnc(OCC4CC4)c(Cl)c3)cc12. The molecule has 4 rings (SSSR count). The Labute approximate surface area is 172 Å². The second-order valence-corrected chi connectivity index (χ2v) is 8.22. The average Bonchev–Trinajstić information content (AvgIpc) is 3.38. The third kappa shape index (κ3) is 4.65. The van der Waals surface area contributed by atoms with Gasteiger partial charge in [0.25, 0.3) is 5.91 Å². The molecular formula is C20H22ClN5O3. The predicted octanol–water partition coefficient (Wildman–Crippen LogP) is 3.03. The van der Waals surface area contributed by atoms with Crippen LogP contribution in [0, 0.1) is 5.92 Å². The van der Waals surface area contributed by atoms with Gasteiger partial charge in [-0.1, -0.05) is 11.6 Å². The van der Waals surface area contributed by atoms with E-state index < -0.39 is 11.5 Å². The summed E-state index contributed by atoms with van der Waals surface area (Å²) in [5.41, 5.74) is 0.0390. The van der Waals surface area contributed by atoms with Crippen LogP contribution in [0.5, 0.6) is 5.88 Å². The Morgan fingerprint density at radius 1 is 1.41 bits per heavy atom. The Bertz CT molecular complexity index is 1060. The van der Waals surface area contributed by atoms with E-state index in [0.29, 0.717) is 46.7 Å². The van der Waals surface area contributed by atoms with E-state index in [9.17, 15) is 9.90 Å². The zero-order valence-corrected chi connectivity index (χ0v) is 17.0. The smallest absolute Gasteiger partial charge is 0.256 e. The van der Waals surface area contributed by atoms with Crippen LogP contribution in [0.15, 0.2) is 30.7 Å². The summed E-state index contributed by atoms with van der Waals surface area (Å²) in [5, 5.41) is 18.2. The van der Waals surface area contributed by atoms with Crippen molar-refractivity contribution < 1.29 is 14.6 Å². The summed E-state index contributed by atoms with van der Waals surface area (Å²) in [6, 6.07) is 3.57. The first-order valence-electron chi connectivity index (χ1n) is 9.43. The van der Waals surface area contributed by atoms with Crippen molar-refractivity contribution in [2.24, 2.45) is 5.92 Å². The first-order valence-corrected chi connectivity index (χ1v) is 9.80. The minimum absolute atomic E-state index is 0.348. The number of carbonyl (C=O) groups excluding carboxylic acids is 1. The largest absolute Gasteiger partial charge is 0.476 e. The van der Waals surface area contributed by atoms with Gasteiger partial charge in [-0.25, -0.2) is 9.97 Å². The number of nitrogens with zero attached hydrogens (tertiary/aromatic N) is 4. The number of aromatic nitrogens is 4. The highest BCUT2D eigenvalue weighted by Gasteiger charge is 2.25. The molecule has 29 heavy (non-hydrogen) atoms. The van der Waals surface area contributed by atoms with E-state index in [-0.39, 0.29) is 0 Å². The topological polar surface area (TPSA) is 102 Å². The van der Waals surface area contributed by atoms with Gasteiger partial charge in [-0.15, -0.1) is 0 Å². The van der Waals surface area contributed by atoms with Crippen LogP contribution >= 0.6 is 11.6 Å². The molecule has 3 aromatic heterocycles. The van der Waals surface area contributed by atoms with Crippen LogP contribution in [-0.4, -0.2) is 43.0 Å². The monoisotopic (exact) mass is 415 g/mol. The molecule has 8 nitrogen and oxygen atoms in total. The van der Waals surface area contributed by atoms with Crippen molar-refractivity contribution >= 4 is 34.2 Å². The number of aliphatic hydroxyl groups is 1. The maximum atomic E-state index is 12.1. The first-order chi connectivity index (χ1) is 13.8. The molecule has 152 valence electrons. The number of hydrogen-bond acceptors (Lipinski definition) is 6. The van der Waals surface area contributed by atoms with Gasteiger partial charge in [0.15, 0.2) is 0 Å². The van der Waals surface area contributed by atoms with Crippen LogP contribution in [0.1, 0.15) is 32.3 Å². The first kappa shape index (κ1) is 19.6. The zero-order valence-electron chi connectivity index (χ0n) is 16.2. The van der Waals surface area contributed by atoms with E-state index in [4.69, 9.17) is 16.3 Å². The lowest BCUT2D eigenvalue weighted by atomic mass is 10.1. The lowest BCUT2D eigenvalue weighted by molar-refractivity contribution is -0.130. The molecule has 1 saturated carbocycles. The summed E-state index contributed by atoms with van der Waals surface area (Å²) >= 11 is 6.31. The van der Waals surface area contributed by atoms with Crippen LogP contribution in [0.3, 0.4) is 0 Å². The number of fused-ring (bicyclic) bond motifs is 1. The Kier molecular flexibility index (Phi) is 5.14. The second kappa shape index (κ2) is 7.61. The van der Waals surface area contributed by atoms with Crippen molar-refractivity contribution in [2.45, 2.75) is 38.8 Å². The van der Waals surface area contributed by atoms with Crippen molar-refractivity contribution in [3.63, 3.8) is 0 Å². The summed E-state index contributed by atoms with van der Waals surface area (Å²) in [7, 11) is 0. The van der Waals surface area contributed by atoms with Gasteiger partial charge in [0.2, 0.25) is 5.88 Å². The number of anilines is 1. The van der Waals surface area contributed by atoms with Crippen LogP contribution < -0.4 is 10.1 Å². The highest BCUT2D eigenvalue weighted by Crippen LogP contribution is 2.31. The van der Waals surface area contributed by atoms with Crippen molar-refractivity contribution in [1.29, 1.82) is 0 Å². The minimum atomic E-state index is -1.51. The van der Waals surface area contributed by atoms with Gasteiger partial charge in [-0.05, 0) is 50.3 Å². The molecule has 3 aromatic rings. The number of pyridine rings is 2. The third-order valence-corrected chi connectivity index (χ3v) is 4.90. The van der Waals surface area contributed by atoms with E-state index in [1.54, 1.807) is 29.3 Å². The normalized spacial score (nSPS) is 14.2. The van der Waals surface area contributed by atoms with Crippen LogP contribution in [0.25, 0.3) is 10.9 Å². The highest BCUT2D eigenvalue weighted by atomic mass is 35.5. The van der Waals surface area contributed by atoms with Crippen LogP contribution in [0.2, 0.25) is 5.02 Å². The average molecular weight is 416 g/mol. The molecule has 0 saturated heterocycles. The van der Waals surface area contributed by atoms with E-state index in [1.807, 2.05) is 6.07 Å². The molecule has 0 atom stereocenters. The van der Waals surface area contributed by atoms with Crippen LogP contribution in [-0.2, 0) is 11.3 Å². The Balaban J connectivity index is 1.51. The Hall–Kier alpha value is -2.71. The molecule has 0 spiro atoms. The van der Waals surface area contributed by atoms with E-state index in [1.165, 1.54) is 26.7 Å². The fourth-order valence-corrected chi connectivity index (χ4v) is 3.00. The molecule has 0 aliphatic heterocycles. The molecule has 0 aromatic carbocycles. The summed E-state index contributed by atoms with van der Waals surface area (Å²) < 4.78 is 7.39. The number of halogens is 1. The number of rotatable bonds is 7. The van der Waals surface area contributed by atoms with E-state index >= 15 is 0 Å².